The molecule has 120 valence electrons. The second-order valence-electron chi connectivity index (χ2n) is 4.65. The van der Waals surface area contributed by atoms with E-state index in [1.807, 2.05) is 0 Å². The Labute approximate surface area is 133 Å². The lowest BCUT2D eigenvalue weighted by atomic mass is 10.3. The average molecular weight is 315 g/mol. The van der Waals surface area contributed by atoms with E-state index in [0.717, 1.165) is 0 Å². The fourth-order valence-electron chi connectivity index (χ4n) is 1.75. The molecule has 0 saturated carbocycles. The Morgan fingerprint density at radius 2 is 2.09 bits per heavy atom. The third-order valence-electron chi connectivity index (χ3n) is 2.93. The third-order valence-corrected chi connectivity index (χ3v) is 2.93. The summed E-state index contributed by atoms with van der Waals surface area (Å²) in [6, 6.07) is 10.3. The van der Waals surface area contributed by atoms with Crippen LogP contribution in [0.1, 0.15) is 12.7 Å². The summed E-state index contributed by atoms with van der Waals surface area (Å²) in [5.41, 5.74) is 0.559. The minimum absolute atomic E-state index is 0.432. The van der Waals surface area contributed by atoms with Gasteiger partial charge in [0.25, 0.3) is 5.91 Å². The van der Waals surface area contributed by atoms with Gasteiger partial charge in [0.15, 0.2) is 6.10 Å². The first-order chi connectivity index (χ1) is 11.1. The monoisotopic (exact) mass is 315 g/mol. The van der Waals surface area contributed by atoms with Gasteiger partial charge in [0, 0.05) is 17.8 Å². The summed E-state index contributed by atoms with van der Waals surface area (Å²) >= 11 is 0. The van der Waals surface area contributed by atoms with Crippen LogP contribution in [0.5, 0.6) is 5.75 Å². The number of carbonyl (C=O) groups excluding carboxylic acids is 2. The molecule has 0 saturated heterocycles. The minimum Gasteiger partial charge on any atom is -0.497 e. The van der Waals surface area contributed by atoms with Crippen LogP contribution in [0.4, 0.5) is 5.69 Å². The molecule has 1 N–H and O–H groups in total. The highest BCUT2D eigenvalue weighted by Crippen LogP contribution is 2.17. The molecule has 1 heterocycles. The number of rotatable bonds is 6. The molecule has 0 unspecified atom stereocenters. The number of benzene rings is 1. The number of nitrogens with one attached hydrogen (secondary N) is 1. The van der Waals surface area contributed by atoms with E-state index < -0.39 is 18.0 Å². The third kappa shape index (κ3) is 5.03. The molecule has 0 aliphatic heterocycles. The van der Waals surface area contributed by atoms with Crippen molar-refractivity contribution in [3.63, 3.8) is 0 Å². The zero-order chi connectivity index (χ0) is 16.7. The van der Waals surface area contributed by atoms with Crippen molar-refractivity contribution in [2.45, 2.75) is 13.0 Å². The van der Waals surface area contributed by atoms with Crippen LogP contribution in [0.3, 0.4) is 0 Å². The maximum absolute atomic E-state index is 12.0. The summed E-state index contributed by atoms with van der Waals surface area (Å²) in [5, 5.41) is 2.65. The van der Waals surface area contributed by atoms with Crippen LogP contribution >= 0.6 is 0 Å². The van der Waals surface area contributed by atoms with Crippen LogP contribution in [0.25, 0.3) is 6.08 Å². The van der Waals surface area contributed by atoms with Crippen molar-refractivity contribution < 1.29 is 23.5 Å². The highest BCUT2D eigenvalue weighted by Gasteiger charge is 2.16. The molecule has 1 aromatic heterocycles. The van der Waals surface area contributed by atoms with E-state index in [2.05, 4.69) is 5.32 Å². The molecule has 23 heavy (non-hydrogen) atoms. The standard InChI is InChI=1S/C17H17NO5/c1-12(23-16(19)9-8-14-7-4-10-22-14)17(20)18-13-5-3-6-15(11-13)21-2/h3-12H,1-2H3,(H,18,20)/b9-8+/t12-/m0/s1. The van der Waals surface area contributed by atoms with E-state index in [4.69, 9.17) is 13.9 Å². The number of hydrogen-bond donors (Lipinski definition) is 1. The van der Waals surface area contributed by atoms with E-state index in [1.54, 1.807) is 36.4 Å². The van der Waals surface area contributed by atoms with Gasteiger partial charge in [-0.05, 0) is 37.3 Å². The lowest BCUT2D eigenvalue weighted by Gasteiger charge is -2.12. The van der Waals surface area contributed by atoms with Gasteiger partial charge >= 0.3 is 5.97 Å². The summed E-state index contributed by atoms with van der Waals surface area (Å²) in [6.45, 7) is 1.49. The summed E-state index contributed by atoms with van der Waals surface area (Å²) in [5.74, 6) is 0.0805. The molecule has 2 rings (SSSR count). The normalized spacial score (nSPS) is 11.9. The number of anilines is 1. The SMILES string of the molecule is COc1cccc(NC(=O)[C@H](C)OC(=O)/C=C/c2ccco2)c1. The summed E-state index contributed by atoms with van der Waals surface area (Å²) in [6.07, 6.45) is 3.23. The Balaban J connectivity index is 1.87. The maximum Gasteiger partial charge on any atom is 0.331 e. The minimum atomic E-state index is -0.935. The van der Waals surface area contributed by atoms with E-state index >= 15 is 0 Å². The molecule has 0 radical (unpaired) electrons. The quantitative estimate of drug-likeness (QED) is 0.655. The molecule has 6 nitrogen and oxygen atoms in total. The van der Waals surface area contributed by atoms with Gasteiger partial charge in [-0.3, -0.25) is 4.79 Å². The zero-order valence-electron chi connectivity index (χ0n) is 12.8. The molecule has 0 fully saturated rings. The lowest BCUT2D eigenvalue weighted by Crippen LogP contribution is -2.29. The van der Waals surface area contributed by atoms with E-state index in [0.29, 0.717) is 17.2 Å². The molecular weight excluding hydrogens is 298 g/mol. The van der Waals surface area contributed by atoms with Gasteiger partial charge in [0.2, 0.25) is 0 Å². The number of ether oxygens (including phenoxy) is 2. The van der Waals surface area contributed by atoms with Gasteiger partial charge < -0.3 is 19.2 Å². The Kier molecular flexibility index (Phi) is 5.57. The smallest absolute Gasteiger partial charge is 0.331 e. The molecule has 0 spiro atoms. The molecular formula is C17H17NO5. The number of hydrogen-bond acceptors (Lipinski definition) is 5. The Morgan fingerprint density at radius 1 is 1.26 bits per heavy atom. The van der Waals surface area contributed by atoms with E-state index in [1.165, 1.54) is 32.4 Å². The first-order valence-electron chi connectivity index (χ1n) is 6.95. The first kappa shape index (κ1) is 16.4. The second kappa shape index (κ2) is 7.84. The van der Waals surface area contributed by atoms with Crippen molar-refractivity contribution in [2.24, 2.45) is 0 Å². The van der Waals surface area contributed by atoms with Crippen LogP contribution in [0.15, 0.2) is 53.2 Å². The number of methoxy groups -OCH3 is 1. The van der Waals surface area contributed by atoms with Crippen molar-refractivity contribution in [2.75, 3.05) is 12.4 Å². The Hall–Kier alpha value is -3.02. The van der Waals surface area contributed by atoms with Crippen LogP contribution in [-0.4, -0.2) is 25.1 Å². The van der Waals surface area contributed by atoms with Gasteiger partial charge in [-0.15, -0.1) is 0 Å². The van der Waals surface area contributed by atoms with Gasteiger partial charge in [0.1, 0.15) is 11.5 Å². The van der Waals surface area contributed by atoms with E-state index in [-0.39, 0.29) is 0 Å². The largest absolute Gasteiger partial charge is 0.497 e. The maximum atomic E-state index is 12.0. The van der Waals surface area contributed by atoms with Crippen LogP contribution < -0.4 is 10.1 Å². The number of amides is 1. The number of carbonyl (C=O) groups is 2. The molecule has 0 aliphatic carbocycles. The summed E-state index contributed by atoms with van der Waals surface area (Å²) in [7, 11) is 1.54. The van der Waals surface area contributed by atoms with Gasteiger partial charge in [-0.2, -0.15) is 0 Å². The zero-order valence-corrected chi connectivity index (χ0v) is 12.8. The van der Waals surface area contributed by atoms with Crippen molar-refractivity contribution in [1.82, 2.24) is 0 Å². The average Bonchev–Trinajstić information content (AvgIpc) is 3.06. The second-order valence-corrected chi connectivity index (χ2v) is 4.65. The molecule has 1 atom stereocenters. The highest BCUT2D eigenvalue weighted by atomic mass is 16.5. The predicted octanol–water partition coefficient (Wildman–Crippen LogP) is 2.87. The van der Waals surface area contributed by atoms with Crippen LogP contribution in [0, 0.1) is 0 Å². The first-order valence-corrected chi connectivity index (χ1v) is 6.95. The molecule has 6 heteroatoms. The highest BCUT2D eigenvalue weighted by molar-refractivity contribution is 5.96. The van der Waals surface area contributed by atoms with Gasteiger partial charge in [0.05, 0.1) is 13.4 Å². The molecule has 2 aromatic rings. The molecule has 0 bridgehead atoms. The van der Waals surface area contributed by atoms with Crippen LogP contribution in [0.2, 0.25) is 0 Å². The molecule has 0 aliphatic rings. The number of esters is 1. The fraction of sp³-hybridized carbons (Fsp3) is 0.176. The Morgan fingerprint density at radius 3 is 2.78 bits per heavy atom. The topological polar surface area (TPSA) is 77.8 Å². The number of furan rings is 1. The lowest BCUT2D eigenvalue weighted by molar-refractivity contribution is -0.148. The fourth-order valence-corrected chi connectivity index (χ4v) is 1.75. The summed E-state index contributed by atoms with van der Waals surface area (Å²) in [4.78, 5) is 23.7. The van der Waals surface area contributed by atoms with Crippen molar-refractivity contribution >= 4 is 23.6 Å². The molecule has 1 aromatic carbocycles. The van der Waals surface area contributed by atoms with E-state index in [9.17, 15) is 9.59 Å². The van der Waals surface area contributed by atoms with Gasteiger partial charge in [-0.25, -0.2) is 4.79 Å². The van der Waals surface area contributed by atoms with Crippen molar-refractivity contribution in [3.8, 4) is 5.75 Å². The van der Waals surface area contributed by atoms with Crippen molar-refractivity contribution in [1.29, 1.82) is 0 Å². The van der Waals surface area contributed by atoms with Crippen LogP contribution in [-0.2, 0) is 14.3 Å². The van der Waals surface area contributed by atoms with Crippen molar-refractivity contribution in [3.05, 3.63) is 54.5 Å². The predicted molar refractivity (Wildman–Crippen MR) is 84.9 cm³/mol. The summed E-state index contributed by atoms with van der Waals surface area (Å²) < 4.78 is 15.2. The van der Waals surface area contributed by atoms with Gasteiger partial charge in [-0.1, -0.05) is 6.07 Å². The molecule has 1 amide bonds. The Bertz CT molecular complexity index is 691.